The van der Waals surface area contributed by atoms with Crippen LogP contribution in [0.5, 0.6) is 0 Å². The Labute approximate surface area is 83.7 Å². The minimum atomic E-state index is 0.753. The van der Waals surface area contributed by atoms with E-state index in [1.165, 1.54) is 13.1 Å². The lowest BCUT2D eigenvalue weighted by molar-refractivity contribution is 0.255. The van der Waals surface area contributed by atoms with Crippen molar-refractivity contribution < 1.29 is 0 Å². The number of rotatable bonds is 7. The Kier molecular flexibility index (Phi) is 7.29. The second kappa shape index (κ2) is 7.34. The van der Waals surface area contributed by atoms with E-state index in [1.807, 2.05) is 0 Å². The Balaban J connectivity index is 3.46. The predicted molar refractivity (Wildman–Crippen MR) is 60.0 cm³/mol. The molecule has 0 saturated carbocycles. The van der Waals surface area contributed by atoms with Crippen LogP contribution in [0.3, 0.4) is 0 Å². The standard InChI is InChI=1S/C11H26N2/c1-6-12-7-11(4)9-13(5)8-10(2)3/h10-12H,6-9H2,1-5H3. The van der Waals surface area contributed by atoms with E-state index in [4.69, 9.17) is 0 Å². The van der Waals surface area contributed by atoms with Crippen LogP contribution in [-0.4, -0.2) is 38.1 Å². The third-order valence-corrected chi connectivity index (χ3v) is 2.04. The van der Waals surface area contributed by atoms with Gasteiger partial charge in [0.2, 0.25) is 0 Å². The van der Waals surface area contributed by atoms with E-state index >= 15 is 0 Å². The maximum atomic E-state index is 3.38. The van der Waals surface area contributed by atoms with E-state index in [9.17, 15) is 0 Å². The van der Waals surface area contributed by atoms with Gasteiger partial charge in [-0.15, -0.1) is 0 Å². The number of nitrogens with one attached hydrogen (secondary N) is 1. The van der Waals surface area contributed by atoms with Gasteiger partial charge in [-0.25, -0.2) is 0 Å². The van der Waals surface area contributed by atoms with Crippen LogP contribution in [0.4, 0.5) is 0 Å². The Morgan fingerprint density at radius 2 is 1.77 bits per heavy atom. The van der Waals surface area contributed by atoms with Gasteiger partial charge in [-0.2, -0.15) is 0 Å². The zero-order valence-electron chi connectivity index (χ0n) is 9.93. The summed E-state index contributed by atoms with van der Waals surface area (Å²) in [6.07, 6.45) is 0. The van der Waals surface area contributed by atoms with Crippen LogP contribution in [0.2, 0.25) is 0 Å². The maximum absolute atomic E-state index is 3.38. The second-order valence-corrected chi connectivity index (χ2v) is 4.53. The molecule has 0 rings (SSSR count). The number of hydrogen-bond acceptors (Lipinski definition) is 2. The third kappa shape index (κ3) is 8.26. The lowest BCUT2D eigenvalue weighted by atomic mass is 10.1. The van der Waals surface area contributed by atoms with Gasteiger partial charge in [-0.05, 0) is 32.0 Å². The molecule has 1 unspecified atom stereocenters. The van der Waals surface area contributed by atoms with Crippen LogP contribution in [0.25, 0.3) is 0 Å². The van der Waals surface area contributed by atoms with Crippen LogP contribution in [0.15, 0.2) is 0 Å². The van der Waals surface area contributed by atoms with E-state index in [1.54, 1.807) is 0 Å². The molecule has 0 saturated heterocycles. The third-order valence-electron chi connectivity index (χ3n) is 2.04. The van der Waals surface area contributed by atoms with E-state index < -0.39 is 0 Å². The molecule has 0 spiro atoms. The first-order valence-corrected chi connectivity index (χ1v) is 5.45. The first-order chi connectivity index (χ1) is 6.06. The molecular formula is C11H26N2. The Morgan fingerprint density at radius 3 is 2.23 bits per heavy atom. The lowest BCUT2D eigenvalue weighted by Crippen LogP contribution is -2.32. The SMILES string of the molecule is CCNCC(C)CN(C)CC(C)C. The van der Waals surface area contributed by atoms with Gasteiger partial charge < -0.3 is 10.2 Å². The van der Waals surface area contributed by atoms with Crippen molar-refractivity contribution in [2.75, 3.05) is 33.2 Å². The molecule has 1 N–H and O–H groups in total. The maximum Gasteiger partial charge on any atom is 0.00162 e. The zero-order chi connectivity index (χ0) is 10.3. The molecule has 80 valence electrons. The second-order valence-electron chi connectivity index (χ2n) is 4.53. The van der Waals surface area contributed by atoms with Gasteiger partial charge in [0.15, 0.2) is 0 Å². The smallest absolute Gasteiger partial charge is 0.00162 e. The van der Waals surface area contributed by atoms with Crippen molar-refractivity contribution in [3.63, 3.8) is 0 Å². The van der Waals surface area contributed by atoms with Crippen LogP contribution < -0.4 is 5.32 Å². The summed E-state index contributed by atoms with van der Waals surface area (Å²) in [5.41, 5.74) is 0. The van der Waals surface area contributed by atoms with Crippen LogP contribution in [-0.2, 0) is 0 Å². The van der Waals surface area contributed by atoms with E-state index in [2.05, 4.69) is 45.0 Å². The molecule has 0 aromatic rings. The predicted octanol–water partition coefficient (Wildman–Crippen LogP) is 1.82. The summed E-state index contributed by atoms with van der Waals surface area (Å²) in [7, 11) is 2.21. The van der Waals surface area contributed by atoms with Crippen LogP contribution in [0, 0.1) is 11.8 Å². The number of nitrogens with zero attached hydrogens (tertiary/aromatic N) is 1. The van der Waals surface area contributed by atoms with Gasteiger partial charge in [-0.1, -0.05) is 27.7 Å². The quantitative estimate of drug-likeness (QED) is 0.652. The number of hydrogen-bond donors (Lipinski definition) is 1. The molecule has 0 bridgehead atoms. The van der Waals surface area contributed by atoms with Gasteiger partial charge in [0.25, 0.3) is 0 Å². The lowest BCUT2D eigenvalue weighted by Gasteiger charge is -2.23. The highest BCUT2D eigenvalue weighted by molar-refractivity contribution is 4.62. The summed E-state index contributed by atoms with van der Waals surface area (Å²) in [5, 5.41) is 3.38. The molecule has 0 amide bonds. The first kappa shape index (κ1) is 12.9. The van der Waals surface area contributed by atoms with Crippen molar-refractivity contribution in [1.29, 1.82) is 0 Å². The van der Waals surface area contributed by atoms with Crippen LogP contribution >= 0.6 is 0 Å². The molecule has 0 fully saturated rings. The molecule has 0 aliphatic carbocycles. The molecule has 2 heteroatoms. The normalized spacial score (nSPS) is 14.1. The summed E-state index contributed by atoms with van der Waals surface area (Å²) >= 11 is 0. The largest absolute Gasteiger partial charge is 0.317 e. The minimum Gasteiger partial charge on any atom is -0.317 e. The van der Waals surface area contributed by atoms with Gasteiger partial charge in [-0.3, -0.25) is 0 Å². The molecule has 0 aromatic heterocycles. The van der Waals surface area contributed by atoms with Gasteiger partial charge in [0, 0.05) is 13.1 Å². The molecule has 0 radical (unpaired) electrons. The monoisotopic (exact) mass is 186 g/mol. The summed E-state index contributed by atoms with van der Waals surface area (Å²) in [6.45, 7) is 13.6. The highest BCUT2D eigenvalue weighted by Crippen LogP contribution is 2.00. The van der Waals surface area contributed by atoms with E-state index in [0.29, 0.717) is 0 Å². The first-order valence-electron chi connectivity index (χ1n) is 5.45. The highest BCUT2D eigenvalue weighted by atomic mass is 15.1. The van der Waals surface area contributed by atoms with Crippen molar-refractivity contribution in [3.8, 4) is 0 Å². The van der Waals surface area contributed by atoms with Crippen molar-refractivity contribution in [1.82, 2.24) is 10.2 Å². The molecule has 0 heterocycles. The Morgan fingerprint density at radius 1 is 1.15 bits per heavy atom. The average molecular weight is 186 g/mol. The average Bonchev–Trinajstić information content (AvgIpc) is 1.98. The molecule has 13 heavy (non-hydrogen) atoms. The fourth-order valence-corrected chi connectivity index (χ4v) is 1.69. The van der Waals surface area contributed by atoms with Crippen LogP contribution in [0.1, 0.15) is 27.7 Å². The Bertz CT molecular complexity index is 113. The fraction of sp³-hybridized carbons (Fsp3) is 1.00. The molecule has 0 aliphatic heterocycles. The fourth-order valence-electron chi connectivity index (χ4n) is 1.69. The summed E-state index contributed by atoms with van der Waals surface area (Å²) in [5.74, 6) is 1.53. The molecule has 1 atom stereocenters. The van der Waals surface area contributed by atoms with Crippen molar-refractivity contribution in [2.45, 2.75) is 27.7 Å². The van der Waals surface area contributed by atoms with Crippen molar-refractivity contribution in [3.05, 3.63) is 0 Å². The molecule has 2 nitrogen and oxygen atoms in total. The van der Waals surface area contributed by atoms with E-state index in [0.717, 1.165) is 24.9 Å². The Hall–Kier alpha value is -0.0800. The van der Waals surface area contributed by atoms with Gasteiger partial charge in [0.05, 0.1) is 0 Å². The van der Waals surface area contributed by atoms with Crippen molar-refractivity contribution in [2.24, 2.45) is 11.8 Å². The molecular weight excluding hydrogens is 160 g/mol. The topological polar surface area (TPSA) is 15.3 Å². The summed E-state index contributed by atoms with van der Waals surface area (Å²) in [6, 6.07) is 0. The summed E-state index contributed by atoms with van der Waals surface area (Å²) in [4.78, 5) is 2.42. The van der Waals surface area contributed by atoms with Gasteiger partial charge >= 0.3 is 0 Å². The minimum absolute atomic E-state index is 0.753. The zero-order valence-corrected chi connectivity index (χ0v) is 9.93. The molecule has 0 aliphatic rings. The van der Waals surface area contributed by atoms with Crippen molar-refractivity contribution >= 4 is 0 Å². The van der Waals surface area contributed by atoms with E-state index in [-0.39, 0.29) is 0 Å². The molecule has 0 aromatic carbocycles. The summed E-state index contributed by atoms with van der Waals surface area (Å²) < 4.78 is 0. The highest BCUT2D eigenvalue weighted by Gasteiger charge is 2.06. The van der Waals surface area contributed by atoms with Gasteiger partial charge in [0.1, 0.15) is 0 Å².